The summed E-state index contributed by atoms with van der Waals surface area (Å²) in [5, 5.41) is 3.45. The van der Waals surface area contributed by atoms with E-state index >= 15 is 0 Å². The minimum atomic E-state index is -0.535. The lowest BCUT2D eigenvalue weighted by molar-refractivity contribution is -0.0914. The summed E-state index contributed by atoms with van der Waals surface area (Å²) >= 11 is 9.64. The molecule has 0 aliphatic carbocycles. The van der Waals surface area contributed by atoms with Gasteiger partial charge in [-0.1, -0.05) is 11.6 Å². The summed E-state index contributed by atoms with van der Waals surface area (Å²) in [4.78, 5) is 21.9. The van der Waals surface area contributed by atoms with E-state index in [4.69, 9.17) is 25.8 Å². The smallest absolute Gasteiger partial charge is 0.298 e. The summed E-state index contributed by atoms with van der Waals surface area (Å²) in [6, 6.07) is 6.87. The van der Waals surface area contributed by atoms with Crippen molar-refractivity contribution in [2.45, 2.75) is 6.29 Å². The largest absolute Gasteiger partial charge is 0.480 e. The van der Waals surface area contributed by atoms with Crippen LogP contribution >= 0.6 is 27.5 Å². The minimum Gasteiger partial charge on any atom is -0.480 e. The van der Waals surface area contributed by atoms with E-state index in [1.807, 2.05) is 0 Å². The van der Waals surface area contributed by atoms with Crippen LogP contribution in [-0.2, 0) is 9.47 Å². The van der Waals surface area contributed by atoms with Crippen LogP contribution in [0.3, 0.4) is 0 Å². The lowest BCUT2D eigenvalue weighted by Gasteiger charge is -2.17. The maximum absolute atomic E-state index is 13.3. The Kier molecular flexibility index (Phi) is 6.50. The first kappa shape index (κ1) is 20.5. The van der Waals surface area contributed by atoms with Crippen LogP contribution < -0.4 is 15.6 Å². The molecule has 10 heteroatoms. The number of hydrogen-bond acceptors (Lipinski definition) is 7. The molecule has 148 valence electrons. The zero-order valence-electron chi connectivity index (χ0n) is 15.4. The Morgan fingerprint density at radius 3 is 2.71 bits per heavy atom. The van der Waals surface area contributed by atoms with E-state index in [1.54, 1.807) is 30.5 Å². The number of rotatable bonds is 7. The van der Waals surface area contributed by atoms with Crippen LogP contribution in [0.15, 0.2) is 39.7 Å². The fourth-order valence-corrected chi connectivity index (χ4v) is 3.17. The Morgan fingerprint density at radius 2 is 2.04 bits per heavy atom. The molecule has 0 unspecified atom stereocenters. The van der Waals surface area contributed by atoms with Crippen LogP contribution in [0.1, 0.15) is 0 Å². The zero-order valence-corrected chi connectivity index (χ0v) is 17.7. The van der Waals surface area contributed by atoms with E-state index in [0.29, 0.717) is 32.1 Å². The van der Waals surface area contributed by atoms with Gasteiger partial charge in [0, 0.05) is 24.9 Å². The van der Waals surface area contributed by atoms with E-state index < -0.39 is 6.29 Å². The molecule has 0 saturated heterocycles. The minimum absolute atomic E-state index is 0.121. The predicted molar refractivity (Wildman–Crippen MR) is 111 cm³/mol. The summed E-state index contributed by atoms with van der Waals surface area (Å²) in [5.41, 5.74) is 1.18. The van der Waals surface area contributed by atoms with Gasteiger partial charge in [0.1, 0.15) is 5.69 Å². The molecule has 3 aromatic rings. The standard InChI is InChI=1S/C18H18BrClN4O4/c1-26-15(27-2)9-22-16-18(25)24(13-5-4-6-21-17(13)28-3)14-7-10(19)11(20)8-12(14)23-16/h4-8,15H,9H2,1-3H3,(H,22,23). The third kappa shape index (κ3) is 3.97. The van der Waals surface area contributed by atoms with Crippen LogP contribution in [0, 0.1) is 0 Å². The van der Waals surface area contributed by atoms with Gasteiger partial charge < -0.3 is 19.5 Å². The molecule has 1 aromatic carbocycles. The third-order valence-electron chi connectivity index (χ3n) is 4.04. The number of halogens is 2. The molecule has 0 aliphatic heterocycles. The van der Waals surface area contributed by atoms with Crippen LogP contribution in [0.25, 0.3) is 16.7 Å². The number of methoxy groups -OCH3 is 3. The molecule has 0 radical (unpaired) electrons. The van der Waals surface area contributed by atoms with Crippen molar-refractivity contribution in [2.24, 2.45) is 0 Å². The molecule has 1 N–H and O–H groups in total. The predicted octanol–water partition coefficient (Wildman–Crippen LogP) is 3.24. The van der Waals surface area contributed by atoms with E-state index in [2.05, 4.69) is 31.2 Å². The highest BCUT2D eigenvalue weighted by molar-refractivity contribution is 9.10. The molecule has 0 amide bonds. The number of fused-ring (bicyclic) bond motifs is 1. The average molecular weight is 470 g/mol. The molecule has 2 aromatic heterocycles. The Bertz CT molecular complexity index is 1060. The number of ether oxygens (including phenoxy) is 3. The van der Waals surface area contributed by atoms with Crippen molar-refractivity contribution in [3.63, 3.8) is 0 Å². The number of benzene rings is 1. The summed E-state index contributed by atoms with van der Waals surface area (Å²) in [6.45, 7) is 0.231. The molecule has 0 aliphatic rings. The Balaban J connectivity index is 2.26. The van der Waals surface area contributed by atoms with Gasteiger partial charge in [0.2, 0.25) is 5.88 Å². The molecule has 0 bridgehead atoms. The average Bonchev–Trinajstić information content (AvgIpc) is 2.70. The third-order valence-corrected chi connectivity index (χ3v) is 5.24. The first-order valence-electron chi connectivity index (χ1n) is 8.20. The van der Waals surface area contributed by atoms with Gasteiger partial charge in [0.25, 0.3) is 5.56 Å². The Morgan fingerprint density at radius 1 is 1.29 bits per heavy atom. The second kappa shape index (κ2) is 8.87. The monoisotopic (exact) mass is 468 g/mol. The molecular formula is C18H18BrClN4O4. The first-order chi connectivity index (χ1) is 13.5. The Labute approximate surface area is 174 Å². The summed E-state index contributed by atoms with van der Waals surface area (Å²) in [5.74, 6) is 0.427. The van der Waals surface area contributed by atoms with Crippen molar-refractivity contribution in [3.05, 3.63) is 50.3 Å². The van der Waals surface area contributed by atoms with E-state index in [9.17, 15) is 4.79 Å². The van der Waals surface area contributed by atoms with Gasteiger partial charge in [-0.05, 0) is 40.2 Å². The van der Waals surface area contributed by atoms with Gasteiger partial charge in [-0.3, -0.25) is 9.36 Å². The van der Waals surface area contributed by atoms with Crippen LogP contribution in [-0.4, -0.2) is 48.7 Å². The molecule has 0 saturated carbocycles. The molecule has 2 heterocycles. The second-order valence-corrected chi connectivity index (χ2v) is 6.93. The number of hydrogen-bond donors (Lipinski definition) is 1. The van der Waals surface area contributed by atoms with E-state index in [-0.39, 0.29) is 17.9 Å². The molecule has 28 heavy (non-hydrogen) atoms. The van der Waals surface area contributed by atoms with Gasteiger partial charge in [-0.2, -0.15) is 0 Å². The molecule has 0 atom stereocenters. The van der Waals surface area contributed by atoms with Crippen LogP contribution in [0.2, 0.25) is 5.02 Å². The lowest BCUT2D eigenvalue weighted by atomic mass is 10.2. The number of anilines is 1. The maximum Gasteiger partial charge on any atom is 0.298 e. The van der Waals surface area contributed by atoms with Crippen LogP contribution in [0.5, 0.6) is 5.88 Å². The van der Waals surface area contributed by atoms with E-state index in [1.165, 1.54) is 25.9 Å². The number of pyridine rings is 1. The maximum atomic E-state index is 13.3. The van der Waals surface area contributed by atoms with Crippen molar-refractivity contribution < 1.29 is 14.2 Å². The van der Waals surface area contributed by atoms with Gasteiger partial charge in [0.15, 0.2) is 12.1 Å². The zero-order chi connectivity index (χ0) is 20.3. The molecule has 8 nitrogen and oxygen atoms in total. The normalized spacial score (nSPS) is 11.2. The number of aromatic nitrogens is 3. The number of nitrogens with zero attached hydrogens (tertiary/aromatic N) is 3. The summed E-state index contributed by atoms with van der Waals surface area (Å²) < 4.78 is 17.8. The SMILES string of the molecule is COc1ncccc1-n1c(=O)c(NCC(OC)OC)nc2cc(Cl)c(Br)cc21. The van der Waals surface area contributed by atoms with Gasteiger partial charge >= 0.3 is 0 Å². The second-order valence-electron chi connectivity index (χ2n) is 5.67. The molecular weight excluding hydrogens is 452 g/mol. The topological polar surface area (TPSA) is 87.5 Å². The fourth-order valence-electron chi connectivity index (χ4n) is 2.69. The number of nitrogens with one attached hydrogen (secondary N) is 1. The highest BCUT2D eigenvalue weighted by atomic mass is 79.9. The lowest BCUT2D eigenvalue weighted by Crippen LogP contribution is -2.30. The highest BCUT2D eigenvalue weighted by Gasteiger charge is 2.18. The molecule has 0 spiro atoms. The molecule has 0 fully saturated rings. The van der Waals surface area contributed by atoms with Crippen molar-refractivity contribution >= 4 is 44.4 Å². The highest BCUT2D eigenvalue weighted by Crippen LogP contribution is 2.30. The quantitative estimate of drug-likeness (QED) is 0.532. The van der Waals surface area contributed by atoms with Gasteiger partial charge in [0.05, 0.1) is 29.7 Å². The van der Waals surface area contributed by atoms with Crippen molar-refractivity contribution in [2.75, 3.05) is 33.2 Å². The van der Waals surface area contributed by atoms with Crippen molar-refractivity contribution in [1.29, 1.82) is 0 Å². The van der Waals surface area contributed by atoms with Crippen LogP contribution in [0.4, 0.5) is 5.82 Å². The summed E-state index contributed by atoms with van der Waals surface area (Å²) in [6.07, 6.45) is 1.05. The van der Waals surface area contributed by atoms with Crippen molar-refractivity contribution in [3.8, 4) is 11.6 Å². The Hall–Kier alpha value is -2.20. The van der Waals surface area contributed by atoms with Gasteiger partial charge in [-0.15, -0.1) is 0 Å². The molecule has 3 rings (SSSR count). The van der Waals surface area contributed by atoms with E-state index in [0.717, 1.165) is 0 Å². The van der Waals surface area contributed by atoms with Gasteiger partial charge in [-0.25, -0.2) is 9.97 Å². The first-order valence-corrected chi connectivity index (χ1v) is 9.38. The van der Waals surface area contributed by atoms with Crippen molar-refractivity contribution in [1.82, 2.24) is 14.5 Å². The fraction of sp³-hybridized carbons (Fsp3) is 0.278. The summed E-state index contributed by atoms with van der Waals surface area (Å²) in [7, 11) is 4.52.